The molecular formula is C25H29ClN4O4S. The van der Waals surface area contributed by atoms with E-state index in [1.54, 1.807) is 30.5 Å². The summed E-state index contributed by atoms with van der Waals surface area (Å²) in [5, 5.41) is 4.87. The number of benzene rings is 2. The van der Waals surface area contributed by atoms with Gasteiger partial charge in [-0.25, -0.2) is 8.42 Å². The number of anilines is 1. The van der Waals surface area contributed by atoms with Gasteiger partial charge in [-0.1, -0.05) is 61.8 Å². The molecule has 1 aliphatic heterocycles. The van der Waals surface area contributed by atoms with Crippen LogP contribution in [-0.4, -0.2) is 55.3 Å². The number of nitrogens with zero attached hydrogens (tertiary/aromatic N) is 4. The first-order valence-electron chi connectivity index (χ1n) is 11.5. The first kappa shape index (κ1) is 25.2. The van der Waals surface area contributed by atoms with Gasteiger partial charge in [-0.2, -0.15) is 14.1 Å². The fraction of sp³-hybridized carbons (Fsp3) is 0.360. The highest BCUT2D eigenvalue weighted by Crippen LogP contribution is 2.27. The van der Waals surface area contributed by atoms with E-state index in [0.717, 1.165) is 5.56 Å². The van der Waals surface area contributed by atoms with E-state index in [9.17, 15) is 13.2 Å². The van der Waals surface area contributed by atoms with Gasteiger partial charge in [-0.15, -0.1) is 0 Å². The highest BCUT2D eigenvalue weighted by Gasteiger charge is 2.29. The van der Waals surface area contributed by atoms with Crippen molar-refractivity contribution in [2.24, 2.45) is 5.92 Å². The lowest BCUT2D eigenvalue weighted by Crippen LogP contribution is -2.49. The molecule has 1 saturated heterocycles. The highest BCUT2D eigenvalue weighted by molar-refractivity contribution is 7.88. The summed E-state index contributed by atoms with van der Waals surface area (Å²) in [6.07, 6.45) is 1.60. The SMILES string of the molecule is CC(C)COc1c(N2CCN(S(=O)(=O)Cc3ccccc3)CC2)cnn(-c2cccc(Cl)c2)c1=O. The van der Waals surface area contributed by atoms with Gasteiger partial charge in [-0.05, 0) is 29.7 Å². The molecule has 1 aliphatic rings. The predicted octanol–water partition coefficient (Wildman–Crippen LogP) is 3.57. The van der Waals surface area contributed by atoms with Gasteiger partial charge in [0.05, 0.1) is 24.2 Å². The summed E-state index contributed by atoms with van der Waals surface area (Å²) in [7, 11) is -3.45. The number of hydrogen-bond donors (Lipinski definition) is 0. The second-order valence-corrected chi connectivity index (χ2v) is 11.3. The molecule has 0 N–H and O–H groups in total. The first-order valence-corrected chi connectivity index (χ1v) is 13.5. The minimum Gasteiger partial charge on any atom is -0.486 e. The summed E-state index contributed by atoms with van der Waals surface area (Å²) >= 11 is 6.11. The molecule has 1 aromatic heterocycles. The van der Waals surface area contributed by atoms with Crippen LogP contribution in [0.1, 0.15) is 19.4 Å². The number of piperazine rings is 1. The highest BCUT2D eigenvalue weighted by atomic mass is 35.5. The van der Waals surface area contributed by atoms with Crippen LogP contribution in [0, 0.1) is 5.92 Å². The monoisotopic (exact) mass is 516 g/mol. The van der Waals surface area contributed by atoms with Crippen LogP contribution < -0.4 is 15.2 Å². The minimum atomic E-state index is -3.45. The maximum atomic E-state index is 13.4. The van der Waals surface area contributed by atoms with Crippen molar-refractivity contribution in [2.45, 2.75) is 19.6 Å². The zero-order chi connectivity index (χ0) is 25.0. The standard InChI is InChI=1S/C25H29ClN4O4S/c1-19(2)17-34-24-23(16-27-30(25(24)31)22-10-6-9-21(26)15-22)28-11-13-29(14-12-28)35(32,33)18-20-7-4-3-5-8-20/h3-10,15-16,19H,11-14,17-18H2,1-2H3. The van der Waals surface area contributed by atoms with E-state index in [1.165, 1.54) is 8.99 Å². The third-order valence-electron chi connectivity index (χ3n) is 5.69. The summed E-state index contributed by atoms with van der Waals surface area (Å²) in [6, 6.07) is 16.1. The largest absolute Gasteiger partial charge is 0.486 e. The Labute approximate surface area is 210 Å². The predicted molar refractivity (Wildman–Crippen MR) is 138 cm³/mol. The molecule has 8 nitrogen and oxygen atoms in total. The number of rotatable bonds is 8. The van der Waals surface area contributed by atoms with Gasteiger partial charge in [-0.3, -0.25) is 4.79 Å². The second-order valence-electron chi connectivity index (χ2n) is 8.89. The molecule has 10 heteroatoms. The lowest BCUT2D eigenvalue weighted by molar-refractivity contribution is 0.265. The molecule has 4 rings (SSSR count). The van der Waals surface area contributed by atoms with E-state index in [1.807, 2.05) is 49.1 Å². The van der Waals surface area contributed by atoms with Gasteiger partial charge in [0.2, 0.25) is 15.8 Å². The van der Waals surface area contributed by atoms with Crippen LogP contribution in [0.25, 0.3) is 5.69 Å². The van der Waals surface area contributed by atoms with Crippen molar-refractivity contribution in [1.82, 2.24) is 14.1 Å². The second kappa shape index (κ2) is 10.8. The lowest BCUT2D eigenvalue weighted by Gasteiger charge is -2.35. The molecule has 186 valence electrons. The molecule has 0 atom stereocenters. The molecule has 2 heterocycles. The van der Waals surface area contributed by atoms with Crippen LogP contribution in [0.3, 0.4) is 0 Å². The normalized spacial score (nSPS) is 14.9. The molecule has 0 bridgehead atoms. The Hall–Kier alpha value is -2.88. The average Bonchev–Trinajstić information content (AvgIpc) is 2.83. The van der Waals surface area contributed by atoms with Crippen molar-refractivity contribution in [3.05, 3.63) is 81.7 Å². The quantitative estimate of drug-likeness (QED) is 0.455. The summed E-state index contributed by atoms with van der Waals surface area (Å²) < 4.78 is 34.6. The Morgan fingerprint density at radius 3 is 2.40 bits per heavy atom. The van der Waals surface area contributed by atoms with E-state index in [0.29, 0.717) is 49.2 Å². The average molecular weight is 517 g/mol. The Kier molecular flexibility index (Phi) is 7.78. The van der Waals surface area contributed by atoms with E-state index >= 15 is 0 Å². The molecule has 3 aromatic rings. The van der Waals surface area contributed by atoms with Crippen LogP contribution in [0.5, 0.6) is 5.75 Å². The molecule has 35 heavy (non-hydrogen) atoms. The van der Waals surface area contributed by atoms with Crippen molar-refractivity contribution in [1.29, 1.82) is 0 Å². The van der Waals surface area contributed by atoms with Gasteiger partial charge in [0.1, 0.15) is 5.69 Å². The molecule has 0 aliphatic carbocycles. The fourth-order valence-electron chi connectivity index (χ4n) is 3.92. The summed E-state index contributed by atoms with van der Waals surface area (Å²) in [4.78, 5) is 15.3. The molecule has 2 aromatic carbocycles. The van der Waals surface area contributed by atoms with Crippen molar-refractivity contribution in [3.63, 3.8) is 0 Å². The van der Waals surface area contributed by atoms with Gasteiger partial charge in [0.15, 0.2) is 0 Å². The van der Waals surface area contributed by atoms with Gasteiger partial charge in [0, 0.05) is 31.2 Å². The number of hydrogen-bond acceptors (Lipinski definition) is 6. The van der Waals surface area contributed by atoms with E-state index in [-0.39, 0.29) is 23.0 Å². The Balaban J connectivity index is 1.56. The lowest BCUT2D eigenvalue weighted by atomic mass is 10.2. The van der Waals surface area contributed by atoms with Crippen LogP contribution in [0.2, 0.25) is 5.02 Å². The van der Waals surface area contributed by atoms with E-state index in [2.05, 4.69) is 5.10 Å². The maximum Gasteiger partial charge on any atom is 0.316 e. The number of aromatic nitrogens is 2. The van der Waals surface area contributed by atoms with Crippen LogP contribution >= 0.6 is 11.6 Å². The van der Waals surface area contributed by atoms with Gasteiger partial charge < -0.3 is 9.64 Å². The van der Waals surface area contributed by atoms with E-state index < -0.39 is 10.0 Å². The third-order valence-corrected chi connectivity index (χ3v) is 7.78. The Morgan fingerprint density at radius 2 is 1.74 bits per heavy atom. The third kappa shape index (κ3) is 6.04. The van der Waals surface area contributed by atoms with Crippen molar-refractivity contribution in [2.75, 3.05) is 37.7 Å². The topological polar surface area (TPSA) is 84.7 Å². The van der Waals surface area contributed by atoms with Gasteiger partial charge in [0.25, 0.3) is 0 Å². The molecule has 0 radical (unpaired) electrons. The zero-order valence-corrected chi connectivity index (χ0v) is 21.4. The van der Waals surface area contributed by atoms with Crippen LogP contribution in [-0.2, 0) is 15.8 Å². The fourth-order valence-corrected chi connectivity index (χ4v) is 5.62. The number of ether oxygens (including phenoxy) is 1. The number of halogens is 1. The van der Waals surface area contributed by atoms with E-state index in [4.69, 9.17) is 16.3 Å². The molecule has 1 fully saturated rings. The van der Waals surface area contributed by atoms with Crippen molar-refractivity contribution in [3.8, 4) is 11.4 Å². The van der Waals surface area contributed by atoms with Crippen molar-refractivity contribution < 1.29 is 13.2 Å². The summed E-state index contributed by atoms with van der Waals surface area (Å²) in [6.45, 7) is 5.86. The van der Waals surface area contributed by atoms with Gasteiger partial charge >= 0.3 is 5.56 Å². The van der Waals surface area contributed by atoms with Crippen molar-refractivity contribution >= 4 is 27.3 Å². The molecular weight excluding hydrogens is 488 g/mol. The summed E-state index contributed by atoms with van der Waals surface area (Å²) in [5.41, 5.74) is 1.48. The zero-order valence-electron chi connectivity index (χ0n) is 19.8. The Bertz CT molecular complexity index is 1320. The van der Waals surface area contributed by atoms with Crippen LogP contribution in [0.4, 0.5) is 5.69 Å². The minimum absolute atomic E-state index is 0.0339. The molecule has 0 saturated carbocycles. The molecule has 0 unspecified atom stereocenters. The number of sulfonamides is 1. The van der Waals surface area contributed by atoms with Crippen LogP contribution in [0.15, 0.2) is 65.6 Å². The smallest absolute Gasteiger partial charge is 0.316 e. The molecule has 0 spiro atoms. The first-order chi connectivity index (χ1) is 16.7. The maximum absolute atomic E-state index is 13.4. The molecule has 0 amide bonds. The Morgan fingerprint density at radius 1 is 1.03 bits per heavy atom. The summed E-state index contributed by atoms with van der Waals surface area (Å²) in [5.74, 6) is 0.387.